The number of nitrogens with zero attached hydrogens (tertiary/aromatic N) is 2. The number of halogens is 4. The zero-order valence-corrected chi connectivity index (χ0v) is 12.7. The van der Waals surface area contributed by atoms with Crippen molar-refractivity contribution in [2.45, 2.75) is 25.2 Å². The molecule has 0 radical (unpaired) electrons. The predicted molar refractivity (Wildman–Crippen MR) is 75.9 cm³/mol. The molecule has 1 heterocycles. The van der Waals surface area contributed by atoms with Crippen LogP contribution in [0.15, 0.2) is 30.6 Å². The second-order valence-electron chi connectivity index (χ2n) is 5.63. The Morgan fingerprint density at radius 1 is 1.22 bits per heavy atom. The average Bonchev–Trinajstić information content (AvgIpc) is 2.84. The Labute approximate surface area is 130 Å². The van der Waals surface area contributed by atoms with E-state index >= 15 is 0 Å². The second-order valence-corrected chi connectivity index (χ2v) is 5.63. The zero-order valence-electron chi connectivity index (χ0n) is 12.7. The molecule has 0 fully saturated rings. The minimum Gasteiger partial charge on any atom is -0.384 e. The third kappa shape index (κ3) is 4.52. The third-order valence-electron chi connectivity index (χ3n) is 3.41. The summed E-state index contributed by atoms with van der Waals surface area (Å²) in [6.45, 7) is 1.64. The minimum atomic E-state index is -4.60. The molecule has 2 aromatic rings. The third-order valence-corrected chi connectivity index (χ3v) is 3.41. The van der Waals surface area contributed by atoms with Gasteiger partial charge >= 0.3 is 6.18 Å². The van der Waals surface area contributed by atoms with E-state index in [0.717, 1.165) is 12.1 Å². The number of benzene rings is 1. The van der Waals surface area contributed by atoms with E-state index in [4.69, 9.17) is 0 Å². The predicted octanol–water partition coefficient (Wildman–Crippen LogP) is 2.58. The Hall–Kier alpha value is -1.93. The monoisotopic (exact) mass is 331 g/mol. The van der Waals surface area contributed by atoms with Crippen LogP contribution in [0.3, 0.4) is 0 Å². The summed E-state index contributed by atoms with van der Waals surface area (Å²) in [5, 5.41) is 17.1. The van der Waals surface area contributed by atoms with Crippen LogP contribution in [0.25, 0.3) is 0 Å². The summed E-state index contributed by atoms with van der Waals surface area (Å²) < 4.78 is 52.8. The van der Waals surface area contributed by atoms with Crippen LogP contribution in [0, 0.1) is 5.82 Å². The fourth-order valence-corrected chi connectivity index (χ4v) is 2.17. The van der Waals surface area contributed by atoms with E-state index in [9.17, 15) is 22.7 Å². The fraction of sp³-hybridized carbons (Fsp3) is 0.400. The van der Waals surface area contributed by atoms with Gasteiger partial charge in [-0.05, 0) is 30.7 Å². The highest BCUT2D eigenvalue weighted by Gasteiger charge is 2.31. The summed E-state index contributed by atoms with van der Waals surface area (Å²) in [5.74, 6) is -0.948. The number of alkyl halides is 3. The first-order valence-electron chi connectivity index (χ1n) is 6.87. The van der Waals surface area contributed by atoms with Crippen molar-refractivity contribution in [1.82, 2.24) is 15.1 Å². The highest BCUT2D eigenvalue weighted by molar-refractivity contribution is 5.27. The first-order chi connectivity index (χ1) is 10.6. The highest BCUT2D eigenvalue weighted by Crippen LogP contribution is 2.30. The first kappa shape index (κ1) is 17.4. The molecule has 126 valence electrons. The largest absolute Gasteiger partial charge is 0.416 e. The van der Waals surface area contributed by atoms with Crippen LogP contribution in [0.1, 0.15) is 23.6 Å². The van der Waals surface area contributed by atoms with Crippen molar-refractivity contribution in [3.8, 4) is 0 Å². The van der Waals surface area contributed by atoms with E-state index in [0.29, 0.717) is 11.6 Å². The first-order valence-corrected chi connectivity index (χ1v) is 6.87. The molecular weight excluding hydrogens is 314 g/mol. The maximum atomic E-state index is 13.3. The van der Waals surface area contributed by atoms with Gasteiger partial charge in [-0.25, -0.2) is 4.39 Å². The van der Waals surface area contributed by atoms with Crippen LogP contribution in [-0.2, 0) is 25.4 Å². The van der Waals surface area contributed by atoms with E-state index in [-0.39, 0.29) is 18.7 Å². The molecule has 1 aromatic heterocycles. The molecule has 0 amide bonds. The van der Waals surface area contributed by atoms with Crippen molar-refractivity contribution in [2.24, 2.45) is 7.05 Å². The van der Waals surface area contributed by atoms with Gasteiger partial charge in [0.25, 0.3) is 0 Å². The molecule has 23 heavy (non-hydrogen) atoms. The zero-order chi connectivity index (χ0) is 17.3. The van der Waals surface area contributed by atoms with Gasteiger partial charge in [0.2, 0.25) is 0 Å². The number of hydrogen-bond donors (Lipinski definition) is 2. The van der Waals surface area contributed by atoms with E-state index in [1.54, 1.807) is 20.2 Å². The van der Waals surface area contributed by atoms with Gasteiger partial charge in [-0.1, -0.05) is 0 Å². The van der Waals surface area contributed by atoms with E-state index < -0.39 is 23.2 Å². The molecule has 0 spiro atoms. The van der Waals surface area contributed by atoms with Crippen molar-refractivity contribution in [3.05, 3.63) is 53.1 Å². The molecule has 0 aliphatic heterocycles. The lowest BCUT2D eigenvalue weighted by Crippen LogP contribution is -2.35. The van der Waals surface area contributed by atoms with Gasteiger partial charge in [-0.15, -0.1) is 0 Å². The van der Waals surface area contributed by atoms with Crippen LogP contribution in [0.4, 0.5) is 17.6 Å². The Bertz CT molecular complexity index is 680. The Morgan fingerprint density at radius 2 is 1.91 bits per heavy atom. The number of aromatic nitrogens is 2. The fourth-order valence-electron chi connectivity index (χ4n) is 2.17. The van der Waals surface area contributed by atoms with E-state index in [1.165, 1.54) is 10.9 Å². The van der Waals surface area contributed by atoms with Crippen LogP contribution in [-0.4, -0.2) is 21.4 Å². The molecule has 2 N–H and O–H groups in total. The average molecular weight is 331 g/mol. The van der Waals surface area contributed by atoms with E-state index in [2.05, 4.69) is 10.4 Å². The Morgan fingerprint density at radius 3 is 2.48 bits per heavy atom. The standard InChI is InChI=1S/C15H17F4N3O/c1-14(23,12-7-21-22(2)8-12)9-20-6-10-3-11(15(17,18)19)5-13(16)4-10/h3-5,7-8,20,23H,6,9H2,1-2H3. The molecule has 1 unspecified atom stereocenters. The summed E-state index contributed by atoms with van der Waals surface area (Å²) in [6.07, 6.45) is -1.45. The summed E-state index contributed by atoms with van der Waals surface area (Å²) in [7, 11) is 1.71. The Balaban J connectivity index is 2.02. The van der Waals surface area contributed by atoms with Gasteiger partial charge in [-0.3, -0.25) is 4.68 Å². The topological polar surface area (TPSA) is 50.1 Å². The number of hydrogen-bond acceptors (Lipinski definition) is 3. The maximum Gasteiger partial charge on any atom is 0.416 e. The van der Waals surface area contributed by atoms with Crippen LogP contribution >= 0.6 is 0 Å². The number of aliphatic hydroxyl groups is 1. The van der Waals surface area contributed by atoms with Crippen molar-refractivity contribution >= 4 is 0 Å². The van der Waals surface area contributed by atoms with Crippen molar-refractivity contribution in [1.29, 1.82) is 0 Å². The smallest absolute Gasteiger partial charge is 0.384 e. The minimum absolute atomic E-state index is 0.00273. The SMILES string of the molecule is Cn1cc(C(C)(O)CNCc2cc(F)cc(C(F)(F)F)c2)cn1. The lowest BCUT2D eigenvalue weighted by Gasteiger charge is -2.22. The molecule has 1 atom stereocenters. The normalized spacial score (nSPS) is 14.7. The second kappa shape index (κ2) is 6.29. The summed E-state index contributed by atoms with van der Waals surface area (Å²) in [6, 6.07) is 2.37. The van der Waals surface area contributed by atoms with Crippen LogP contribution in [0.2, 0.25) is 0 Å². The van der Waals surface area contributed by atoms with Gasteiger partial charge in [0.15, 0.2) is 0 Å². The van der Waals surface area contributed by atoms with E-state index in [1.807, 2.05) is 0 Å². The summed E-state index contributed by atoms with van der Waals surface area (Å²) in [5.41, 5.74) is -1.55. The molecule has 0 bridgehead atoms. The number of rotatable bonds is 5. The summed E-state index contributed by atoms with van der Waals surface area (Å²) >= 11 is 0. The van der Waals surface area contributed by atoms with Gasteiger partial charge < -0.3 is 10.4 Å². The number of nitrogens with one attached hydrogen (secondary N) is 1. The molecular formula is C15H17F4N3O. The summed E-state index contributed by atoms with van der Waals surface area (Å²) in [4.78, 5) is 0. The van der Waals surface area contributed by atoms with Crippen LogP contribution in [0.5, 0.6) is 0 Å². The molecule has 0 saturated carbocycles. The molecule has 0 saturated heterocycles. The van der Waals surface area contributed by atoms with Crippen molar-refractivity contribution in [2.75, 3.05) is 6.54 Å². The van der Waals surface area contributed by atoms with Gasteiger partial charge in [-0.2, -0.15) is 18.3 Å². The van der Waals surface area contributed by atoms with Crippen LogP contribution < -0.4 is 5.32 Å². The lowest BCUT2D eigenvalue weighted by atomic mass is 9.99. The maximum absolute atomic E-state index is 13.3. The van der Waals surface area contributed by atoms with Crippen molar-refractivity contribution < 1.29 is 22.7 Å². The highest BCUT2D eigenvalue weighted by atomic mass is 19.4. The van der Waals surface area contributed by atoms with Crippen molar-refractivity contribution in [3.63, 3.8) is 0 Å². The molecule has 2 rings (SSSR count). The molecule has 1 aromatic carbocycles. The molecule has 4 nitrogen and oxygen atoms in total. The van der Waals surface area contributed by atoms with Gasteiger partial charge in [0.05, 0.1) is 11.8 Å². The molecule has 8 heteroatoms. The number of aryl methyl sites for hydroxylation is 1. The van der Waals surface area contributed by atoms with Gasteiger partial charge in [0, 0.05) is 31.9 Å². The lowest BCUT2D eigenvalue weighted by molar-refractivity contribution is -0.137. The quantitative estimate of drug-likeness (QED) is 0.828. The Kier molecular flexibility index (Phi) is 4.76. The van der Waals surface area contributed by atoms with Gasteiger partial charge in [0.1, 0.15) is 11.4 Å². The molecule has 0 aliphatic carbocycles. The molecule has 0 aliphatic rings.